The zero-order valence-corrected chi connectivity index (χ0v) is 16.8. The number of hydrogen-bond acceptors (Lipinski definition) is 5. The SMILES string of the molecule is O=C(Cn1c(COc2ccccc2)nc2ccccc21)Nc1nc2ccccc2s1. The first-order valence-corrected chi connectivity index (χ1v) is 10.4. The summed E-state index contributed by atoms with van der Waals surface area (Å²) in [4.78, 5) is 21.9. The van der Waals surface area contributed by atoms with Crippen molar-refractivity contribution in [1.29, 1.82) is 0 Å². The third-order valence-electron chi connectivity index (χ3n) is 4.69. The van der Waals surface area contributed by atoms with Crippen LogP contribution < -0.4 is 10.1 Å². The monoisotopic (exact) mass is 414 g/mol. The van der Waals surface area contributed by atoms with E-state index in [4.69, 9.17) is 4.74 Å². The third-order valence-corrected chi connectivity index (χ3v) is 5.64. The van der Waals surface area contributed by atoms with Gasteiger partial charge < -0.3 is 14.6 Å². The van der Waals surface area contributed by atoms with Gasteiger partial charge in [0.25, 0.3) is 0 Å². The topological polar surface area (TPSA) is 69.0 Å². The Balaban J connectivity index is 1.38. The lowest BCUT2D eigenvalue weighted by Gasteiger charge is -2.10. The Morgan fingerprint density at radius 1 is 0.900 bits per heavy atom. The summed E-state index contributed by atoms with van der Waals surface area (Å²) in [5.74, 6) is 1.30. The summed E-state index contributed by atoms with van der Waals surface area (Å²) in [5, 5.41) is 3.50. The highest BCUT2D eigenvalue weighted by atomic mass is 32.1. The number of imidazole rings is 1. The Morgan fingerprint density at radius 3 is 2.47 bits per heavy atom. The maximum absolute atomic E-state index is 12.8. The van der Waals surface area contributed by atoms with Gasteiger partial charge in [0.05, 0.1) is 21.3 Å². The molecule has 3 aromatic carbocycles. The van der Waals surface area contributed by atoms with Crippen LogP contribution in [0.3, 0.4) is 0 Å². The molecule has 1 amide bonds. The van der Waals surface area contributed by atoms with Crippen molar-refractivity contribution in [1.82, 2.24) is 14.5 Å². The highest BCUT2D eigenvalue weighted by molar-refractivity contribution is 7.22. The van der Waals surface area contributed by atoms with Crippen LogP contribution in [-0.4, -0.2) is 20.4 Å². The number of ether oxygens (including phenoxy) is 1. The molecule has 0 saturated carbocycles. The number of benzene rings is 3. The van der Waals surface area contributed by atoms with Gasteiger partial charge in [0.2, 0.25) is 5.91 Å². The predicted octanol–water partition coefficient (Wildman–Crippen LogP) is 4.86. The van der Waals surface area contributed by atoms with E-state index in [1.165, 1.54) is 11.3 Å². The van der Waals surface area contributed by atoms with E-state index >= 15 is 0 Å². The third kappa shape index (κ3) is 3.75. The number of hydrogen-bond donors (Lipinski definition) is 1. The van der Waals surface area contributed by atoms with Gasteiger partial charge in [-0.1, -0.05) is 53.8 Å². The fourth-order valence-electron chi connectivity index (χ4n) is 3.30. The molecule has 2 heterocycles. The lowest BCUT2D eigenvalue weighted by atomic mass is 10.3. The first-order valence-electron chi connectivity index (χ1n) is 9.54. The molecule has 6 nitrogen and oxygen atoms in total. The van der Waals surface area contributed by atoms with E-state index in [1.807, 2.05) is 83.4 Å². The molecule has 0 unspecified atom stereocenters. The standard InChI is InChI=1S/C23H18N4O2S/c28-22(26-23-25-18-11-5-7-13-20(18)30-23)14-27-19-12-6-4-10-17(19)24-21(27)15-29-16-8-2-1-3-9-16/h1-13H,14-15H2,(H,25,26,28). The molecule has 30 heavy (non-hydrogen) atoms. The van der Waals surface area contributed by atoms with Crippen LogP contribution in [0.4, 0.5) is 5.13 Å². The molecule has 0 spiro atoms. The molecule has 0 bridgehead atoms. The maximum Gasteiger partial charge on any atom is 0.246 e. The zero-order chi connectivity index (χ0) is 20.3. The van der Waals surface area contributed by atoms with Crippen molar-refractivity contribution in [2.75, 3.05) is 5.32 Å². The number of anilines is 1. The molecule has 0 aliphatic rings. The van der Waals surface area contributed by atoms with Gasteiger partial charge in [0.15, 0.2) is 5.13 Å². The molecule has 0 aliphatic heterocycles. The number of thiazole rings is 1. The minimum atomic E-state index is -0.154. The molecule has 2 aromatic heterocycles. The Hall–Kier alpha value is -3.71. The minimum absolute atomic E-state index is 0.129. The van der Waals surface area contributed by atoms with Crippen LogP contribution in [0.15, 0.2) is 78.9 Å². The van der Waals surface area contributed by atoms with E-state index in [0.29, 0.717) is 11.0 Å². The van der Waals surface area contributed by atoms with E-state index in [9.17, 15) is 4.79 Å². The number of fused-ring (bicyclic) bond motifs is 2. The van der Waals surface area contributed by atoms with Crippen molar-refractivity contribution in [3.8, 4) is 5.75 Å². The average Bonchev–Trinajstić information content (AvgIpc) is 3.33. The fraction of sp³-hybridized carbons (Fsp3) is 0.0870. The second kappa shape index (κ2) is 7.96. The summed E-state index contributed by atoms with van der Waals surface area (Å²) < 4.78 is 8.81. The van der Waals surface area contributed by atoms with Crippen molar-refractivity contribution in [3.63, 3.8) is 0 Å². The zero-order valence-electron chi connectivity index (χ0n) is 16.0. The Kier molecular flexibility index (Phi) is 4.86. The molecule has 0 saturated heterocycles. The number of nitrogens with one attached hydrogen (secondary N) is 1. The summed E-state index contributed by atoms with van der Waals surface area (Å²) in [7, 11) is 0. The van der Waals surface area contributed by atoms with Crippen LogP contribution in [-0.2, 0) is 17.9 Å². The molecule has 5 aromatic rings. The van der Waals surface area contributed by atoms with Gasteiger partial charge in [-0.3, -0.25) is 4.79 Å². The molecular weight excluding hydrogens is 396 g/mol. The summed E-state index contributed by atoms with van der Waals surface area (Å²) in [5.41, 5.74) is 2.60. The summed E-state index contributed by atoms with van der Waals surface area (Å²) in [6.45, 7) is 0.400. The van der Waals surface area contributed by atoms with Crippen molar-refractivity contribution < 1.29 is 9.53 Å². The van der Waals surface area contributed by atoms with E-state index < -0.39 is 0 Å². The average molecular weight is 414 g/mol. The van der Waals surface area contributed by atoms with Crippen molar-refractivity contribution in [2.45, 2.75) is 13.2 Å². The molecule has 0 aliphatic carbocycles. The minimum Gasteiger partial charge on any atom is -0.486 e. The highest BCUT2D eigenvalue weighted by Gasteiger charge is 2.15. The molecular formula is C23H18N4O2S. The van der Waals surface area contributed by atoms with E-state index in [0.717, 1.165) is 27.0 Å². The van der Waals surface area contributed by atoms with Crippen LogP contribution in [0, 0.1) is 0 Å². The molecule has 5 rings (SSSR count). The van der Waals surface area contributed by atoms with Crippen LogP contribution in [0.25, 0.3) is 21.3 Å². The highest BCUT2D eigenvalue weighted by Crippen LogP contribution is 2.25. The molecule has 0 radical (unpaired) electrons. The Morgan fingerprint density at radius 2 is 1.63 bits per heavy atom. The quantitative estimate of drug-likeness (QED) is 0.431. The van der Waals surface area contributed by atoms with Crippen LogP contribution >= 0.6 is 11.3 Å². The second-order valence-electron chi connectivity index (χ2n) is 6.74. The summed E-state index contributed by atoms with van der Waals surface area (Å²) in [6.07, 6.45) is 0. The van der Waals surface area contributed by atoms with Crippen molar-refractivity contribution in [3.05, 3.63) is 84.7 Å². The number of rotatable bonds is 6. The van der Waals surface area contributed by atoms with Gasteiger partial charge in [-0.2, -0.15) is 0 Å². The molecule has 0 atom stereocenters. The fourth-order valence-corrected chi connectivity index (χ4v) is 4.19. The summed E-state index contributed by atoms with van der Waals surface area (Å²) >= 11 is 1.46. The number of nitrogens with zero attached hydrogens (tertiary/aromatic N) is 3. The van der Waals surface area contributed by atoms with Crippen LogP contribution in [0.1, 0.15) is 5.82 Å². The maximum atomic E-state index is 12.8. The van der Waals surface area contributed by atoms with Crippen LogP contribution in [0.5, 0.6) is 5.75 Å². The molecule has 7 heteroatoms. The van der Waals surface area contributed by atoms with Gasteiger partial charge >= 0.3 is 0 Å². The number of carbonyl (C=O) groups is 1. The second-order valence-corrected chi connectivity index (χ2v) is 7.77. The number of carbonyl (C=O) groups excluding carboxylic acids is 1. The Labute approximate surface area is 176 Å². The number of aromatic nitrogens is 3. The van der Waals surface area contributed by atoms with E-state index in [-0.39, 0.29) is 19.1 Å². The first-order chi connectivity index (χ1) is 14.8. The largest absolute Gasteiger partial charge is 0.486 e. The van der Waals surface area contributed by atoms with E-state index in [2.05, 4.69) is 15.3 Å². The van der Waals surface area contributed by atoms with Crippen molar-refractivity contribution >= 4 is 43.6 Å². The first kappa shape index (κ1) is 18.3. The Bertz CT molecular complexity index is 1290. The molecule has 148 valence electrons. The van der Waals surface area contributed by atoms with Gasteiger partial charge in [-0.05, 0) is 36.4 Å². The van der Waals surface area contributed by atoms with E-state index in [1.54, 1.807) is 0 Å². The predicted molar refractivity (Wildman–Crippen MR) is 119 cm³/mol. The van der Waals surface area contributed by atoms with Crippen LogP contribution in [0.2, 0.25) is 0 Å². The lowest BCUT2D eigenvalue weighted by Crippen LogP contribution is -2.20. The number of amides is 1. The van der Waals surface area contributed by atoms with Gasteiger partial charge in [-0.25, -0.2) is 9.97 Å². The molecule has 0 fully saturated rings. The van der Waals surface area contributed by atoms with Crippen molar-refractivity contribution in [2.24, 2.45) is 0 Å². The summed E-state index contributed by atoms with van der Waals surface area (Å²) in [6, 6.07) is 25.2. The number of para-hydroxylation sites is 4. The normalized spacial score (nSPS) is 11.1. The smallest absolute Gasteiger partial charge is 0.246 e. The molecule has 1 N–H and O–H groups in total. The van der Waals surface area contributed by atoms with Gasteiger partial charge in [0.1, 0.15) is 24.7 Å². The lowest BCUT2D eigenvalue weighted by molar-refractivity contribution is -0.116. The van der Waals surface area contributed by atoms with Gasteiger partial charge in [-0.15, -0.1) is 0 Å². The van der Waals surface area contributed by atoms with Gasteiger partial charge in [0, 0.05) is 0 Å².